The highest BCUT2D eigenvalue weighted by Crippen LogP contribution is 2.24. The Labute approximate surface area is 130 Å². The van der Waals surface area contributed by atoms with Gasteiger partial charge < -0.3 is 4.90 Å². The Morgan fingerprint density at radius 1 is 1.24 bits per heavy atom. The molecular weight excluding hydrogens is 282 g/mol. The van der Waals surface area contributed by atoms with E-state index in [1.54, 1.807) is 0 Å². The summed E-state index contributed by atoms with van der Waals surface area (Å²) in [5.41, 5.74) is 1.11. The highest BCUT2D eigenvalue weighted by molar-refractivity contribution is 6.20. The summed E-state index contributed by atoms with van der Waals surface area (Å²) in [6.07, 6.45) is 1.37. The number of hydrogen-bond acceptors (Lipinski definition) is 1. The van der Waals surface area contributed by atoms with Crippen molar-refractivity contribution < 1.29 is 4.79 Å². The molecule has 2 aromatic rings. The van der Waals surface area contributed by atoms with E-state index >= 15 is 0 Å². The third kappa shape index (κ3) is 3.06. The van der Waals surface area contributed by atoms with Crippen LogP contribution in [-0.2, 0) is 11.2 Å². The molecule has 1 amide bonds. The van der Waals surface area contributed by atoms with Crippen molar-refractivity contribution in [2.75, 3.05) is 13.1 Å². The molecule has 1 aliphatic rings. The van der Waals surface area contributed by atoms with Crippen LogP contribution in [0.25, 0.3) is 10.8 Å². The van der Waals surface area contributed by atoms with Gasteiger partial charge >= 0.3 is 0 Å². The van der Waals surface area contributed by atoms with Crippen LogP contribution in [0.1, 0.15) is 18.9 Å². The molecule has 0 aliphatic carbocycles. The summed E-state index contributed by atoms with van der Waals surface area (Å²) in [4.78, 5) is 14.5. The molecule has 1 fully saturated rings. The second kappa shape index (κ2) is 6.07. The molecule has 0 aromatic heterocycles. The fraction of sp³-hybridized carbons (Fsp3) is 0.389. The number of nitrogens with zero attached hydrogens (tertiary/aromatic N) is 1. The van der Waals surface area contributed by atoms with Crippen LogP contribution < -0.4 is 0 Å². The Morgan fingerprint density at radius 3 is 2.81 bits per heavy atom. The molecule has 2 unspecified atom stereocenters. The van der Waals surface area contributed by atoms with Gasteiger partial charge in [-0.15, -0.1) is 11.6 Å². The summed E-state index contributed by atoms with van der Waals surface area (Å²) >= 11 is 6.24. The molecule has 2 atom stereocenters. The van der Waals surface area contributed by atoms with Crippen molar-refractivity contribution in [1.29, 1.82) is 0 Å². The summed E-state index contributed by atoms with van der Waals surface area (Å²) in [5, 5.41) is 2.57. The van der Waals surface area contributed by atoms with Gasteiger partial charge in [-0.25, -0.2) is 0 Å². The number of rotatable bonds is 2. The van der Waals surface area contributed by atoms with Gasteiger partial charge in [-0.1, -0.05) is 49.4 Å². The standard InChI is InChI=1S/C18H20ClNO/c1-13-12-20(10-9-17(13)19)18(21)11-15-7-4-6-14-5-2-3-8-16(14)15/h2-8,13,17H,9-12H2,1H3. The second-order valence-corrected chi connectivity index (χ2v) is 6.50. The van der Waals surface area contributed by atoms with Gasteiger partial charge in [-0.05, 0) is 28.7 Å². The van der Waals surface area contributed by atoms with E-state index < -0.39 is 0 Å². The smallest absolute Gasteiger partial charge is 0.227 e. The fourth-order valence-electron chi connectivity index (χ4n) is 3.06. The quantitative estimate of drug-likeness (QED) is 0.771. The van der Waals surface area contributed by atoms with Crippen LogP contribution in [0.15, 0.2) is 42.5 Å². The number of piperidine rings is 1. The number of halogens is 1. The van der Waals surface area contributed by atoms with Crippen molar-refractivity contribution >= 4 is 28.3 Å². The first-order valence-corrected chi connectivity index (χ1v) is 7.97. The van der Waals surface area contributed by atoms with Crippen LogP contribution in [-0.4, -0.2) is 29.3 Å². The molecule has 2 aromatic carbocycles. The van der Waals surface area contributed by atoms with Crippen molar-refractivity contribution in [2.24, 2.45) is 5.92 Å². The molecule has 1 aliphatic heterocycles. The SMILES string of the molecule is CC1CN(C(=O)Cc2cccc3ccccc23)CCC1Cl. The third-order valence-corrected chi connectivity index (χ3v) is 5.02. The zero-order valence-electron chi connectivity index (χ0n) is 12.3. The summed E-state index contributed by atoms with van der Waals surface area (Å²) in [7, 11) is 0. The minimum absolute atomic E-state index is 0.201. The first kappa shape index (κ1) is 14.4. The number of amides is 1. The van der Waals surface area contributed by atoms with E-state index in [-0.39, 0.29) is 11.3 Å². The van der Waals surface area contributed by atoms with Crippen LogP contribution in [0.3, 0.4) is 0 Å². The maximum absolute atomic E-state index is 12.5. The van der Waals surface area contributed by atoms with Gasteiger partial charge in [-0.2, -0.15) is 0 Å². The van der Waals surface area contributed by atoms with Gasteiger partial charge in [0.25, 0.3) is 0 Å². The fourth-order valence-corrected chi connectivity index (χ4v) is 3.24. The molecule has 110 valence electrons. The summed E-state index contributed by atoms with van der Waals surface area (Å²) < 4.78 is 0. The first-order valence-electron chi connectivity index (χ1n) is 7.53. The molecule has 1 heterocycles. The van der Waals surface area contributed by atoms with Crippen LogP contribution in [0.2, 0.25) is 0 Å². The Bertz CT molecular complexity index is 649. The van der Waals surface area contributed by atoms with E-state index in [4.69, 9.17) is 11.6 Å². The summed E-state index contributed by atoms with van der Waals surface area (Å²) in [6, 6.07) is 14.4. The molecule has 1 saturated heterocycles. The van der Waals surface area contributed by atoms with Crippen LogP contribution in [0, 0.1) is 5.92 Å². The van der Waals surface area contributed by atoms with Gasteiger partial charge in [0.05, 0.1) is 6.42 Å². The molecule has 0 spiro atoms. The summed E-state index contributed by atoms with van der Waals surface area (Å²) in [6.45, 7) is 3.68. The molecule has 0 bridgehead atoms. The third-order valence-electron chi connectivity index (χ3n) is 4.37. The van der Waals surface area contributed by atoms with Gasteiger partial charge in [0.15, 0.2) is 0 Å². The van der Waals surface area contributed by atoms with Gasteiger partial charge in [-0.3, -0.25) is 4.79 Å². The molecule has 0 N–H and O–H groups in total. The van der Waals surface area contributed by atoms with Crippen molar-refractivity contribution in [3.05, 3.63) is 48.0 Å². The van der Waals surface area contributed by atoms with Crippen molar-refractivity contribution in [3.63, 3.8) is 0 Å². The lowest BCUT2D eigenvalue weighted by Gasteiger charge is -2.34. The molecule has 0 saturated carbocycles. The molecule has 0 radical (unpaired) electrons. The molecule has 3 rings (SSSR count). The predicted octanol–water partition coefficient (Wildman–Crippen LogP) is 3.86. The number of hydrogen-bond donors (Lipinski definition) is 0. The predicted molar refractivity (Wildman–Crippen MR) is 87.7 cm³/mol. The van der Waals surface area contributed by atoms with E-state index in [1.807, 2.05) is 23.1 Å². The molecular formula is C18H20ClNO. The number of carbonyl (C=O) groups excluding carboxylic acids is 1. The summed E-state index contributed by atoms with van der Waals surface area (Å²) in [5.74, 6) is 0.582. The van der Waals surface area contributed by atoms with Crippen molar-refractivity contribution in [3.8, 4) is 0 Å². The number of carbonyl (C=O) groups is 1. The van der Waals surface area contributed by atoms with Crippen LogP contribution >= 0.6 is 11.6 Å². The van der Waals surface area contributed by atoms with E-state index in [0.29, 0.717) is 12.3 Å². The Balaban J connectivity index is 1.78. The lowest BCUT2D eigenvalue weighted by atomic mass is 9.97. The minimum Gasteiger partial charge on any atom is -0.342 e. The van der Waals surface area contributed by atoms with E-state index in [2.05, 4.69) is 31.2 Å². The van der Waals surface area contributed by atoms with Gasteiger partial charge in [0.2, 0.25) is 5.91 Å². The number of fused-ring (bicyclic) bond motifs is 1. The molecule has 2 nitrogen and oxygen atoms in total. The van der Waals surface area contributed by atoms with Gasteiger partial charge in [0.1, 0.15) is 0 Å². The Kier molecular flexibility index (Phi) is 4.16. The average Bonchev–Trinajstić information content (AvgIpc) is 2.50. The first-order chi connectivity index (χ1) is 10.1. The van der Waals surface area contributed by atoms with E-state index in [0.717, 1.165) is 25.1 Å². The Morgan fingerprint density at radius 2 is 2.00 bits per heavy atom. The van der Waals surface area contributed by atoms with Crippen LogP contribution in [0.5, 0.6) is 0 Å². The molecule has 21 heavy (non-hydrogen) atoms. The highest BCUT2D eigenvalue weighted by atomic mass is 35.5. The van der Waals surface area contributed by atoms with Crippen molar-refractivity contribution in [1.82, 2.24) is 4.90 Å². The average molecular weight is 302 g/mol. The Hall–Kier alpha value is -1.54. The van der Waals surface area contributed by atoms with E-state index in [9.17, 15) is 4.79 Å². The van der Waals surface area contributed by atoms with Gasteiger partial charge in [0, 0.05) is 18.5 Å². The maximum atomic E-state index is 12.5. The minimum atomic E-state index is 0.201. The number of likely N-dealkylation sites (tertiary alicyclic amines) is 1. The highest BCUT2D eigenvalue weighted by Gasteiger charge is 2.27. The van der Waals surface area contributed by atoms with Crippen LogP contribution in [0.4, 0.5) is 0 Å². The number of benzene rings is 2. The lowest BCUT2D eigenvalue weighted by Crippen LogP contribution is -2.44. The number of alkyl halides is 1. The molecule has 3 heteroatoms. The topological polar surface area (TPSA) is 20.3 Å². The van der Waals surface area contributed by atoms with Crippen molar-refractivity contribution in [2.45, 2.75) is 25.1 Å². The lowest BCUT2D eigenvalue weighted by molar-refractivity contribution is -0.132. The zero-order valence-corrected chi connectivity index (χ0v) is 13.0. The largest absolute Gasteiger partial charge is 0.342 e. The van der Waals surface area contributed by atoms with E-state index in [1.165, 1.54) is 10.8 Å². The maximum Gasteiger partial charge on any atom is 0.227 e. The zero-order chi connectivity index (χ0) is 14.8. The second-order valence-electron chi connectivity index (χ2n) is 5.94. The normalized spacial score (nSPS) is 22.5. The monoisotopic (exact) mass is 301 g/mol.